The molecule has 0 heterocycles. The van der Waals surface area contributed by atoms with E-state index in [-0.39, 0.29) is 0 Å². The van der Waals surface area contributed by atoms with Crippen LogP contribution in [0, 0.1) is 17.8 Å². The maximum Gasteiger partial charge on any atom is 0.133 e. The predicted octanol–water partition coefficient (Wildman–Crippen LogP) is 3.82. The summed E-state index contributed by atoms with van der Waals surface area (Å²) in [6, 6.07) is 0. The van der Waals surface area contributed by atoms with E-state index in [4.69, 9.17) is 0 Å². The van der Waals surface area contributed by atoms with Crippen molar-refractivity contribution in [1.82, 2.24) is 0 Å². The molecule has 0 saturated heterocycles. The van der Waals surface area contributed by atoms with E-state index >= 15 is 0 Å². The van der Waals surface area contributed by atoms with Crippen LogP contribution in [0.5, 0.6) is 0 Å². The molecule has 0 bridgehead atoms. The number of hydrogen-bond acceptors (Lipinski definition) is 1. The van der Waals surface area contributed by atoms with Crippen LogP contribution in [-0.4, -0.2) is 5.78 Å². The Kier molecular flexibility index (Phi) is 4.64. The highest BCUT2D eigenvalue weighted by atomic mass is 16.1. The molecule has 1 fully saturated rings. The van der Waals surface area contributed by atoms with Crippen molar-refractivity contribution in [2.75, 3.05) is 0 Å². The van der Waals surface area contributed by atoms with Gasteiger partial charge in [-0.2, -0.15) is 0 Å². The van der Waals surface area contributed by atoms with E-state index < -0.39 is 0 Å². The van der Waals surface area contributed by atoms with Crippen LogP contribution in [-0.2, 0) is 4.79 Å². The smallest absolute Gasteiger partial charge is 0.133 e. The Hall–Kier alpha value is -0.330. The van der Waals surface area contributed by atoms with Crippen LogP contribution in [0.3, 0.4) is 0 Å². The fourth-order valence-electron chi connectivity index (χ4n) is 2.55. The van der Waals surface area contributed by atoms with Gasteiger partial charge in [0.15, 0.2) is 0 Å². The van der Waals surface area contributed by atoms with E-state index in [0.29, 0.717) is 11.7 Å². The molecule has 1 aliphatic rings. The van der Waals surface area contributed by atoms with Gasteiger partial charge in [0, 0.05) is 12.8 Å². The molecule has 3 atom stereocenters. The fourth-order valence-corrected chi connectivity index (χ4v) is 2.55. The molecule has 14 heavy (non-hydrogen) atoms. The van der Waals surface area contributed by atoms with Crippen LogP contribution >= 0.6 is 0 Å². The number of carbonyl (C=O) groups is 1. The molecule has 1 rings (SSSR count). The highest BCUT2D eigenvalue weighted by Crippen LogP contribution is 2.35. The van der Waals surface area contributed by atoms with Gasteiger partial charge in [-0.15, -0.1) is 0 Å². The summed E-state index contributed by atoms with van der Waals surface area (Å²) in [4.78, 5) is 11.5. The summed E-state index contributed by atoms with van der Waals surface area (Å²) in [5.41, 5.74) is 0. The molecule has 0 aromatic heterocycles. The molecule has 0 N–H and O–H groups in total. The lowest BCUT2D eigenvalue weighted by Gasteiger charge is -2.31. The monoisotopic (exact) mass is 196 g/mol. The molecule has 1 heteroatoms. The highest BCUT2D eigenvalue weighted by Gasteiger charge is 2.25. The first kappa shape index (κ1) is 11.7. The summed E-state index contributed by atoms with van der Waals surface area (Å²) in [7, 11) is 0. The van der Waals surface area contributed by atoms with Crippen LogP contribution in [0.15, 0.2) is 0 Å². The summed E-state index contributed by atoms with van der Waals surface area (Å²) in [6.07, 6.45) is 6.53. The summed E-state index contributed by atoms with van der Waals surface area (Å²) in [6.45, 7) is 6.76. The van der Waals surface area contributed by atoms with Crippen molar-refractivity contribution >= 4 is 5.78 Å². The summed E-state index contributed by atoms with van der Waals surface area (Å²) >= 11 is 0. The Morgan fingerprint density at radius 1 is 1.21 bits per heavy atom. The third-order valence-electron chi connectivity index (χ3n) is 3.75. The highest BCUT2D eigenvalue weighted by molar-refractivity contribution is 5.78. The molecule has 0 aliphatic heterocycles. The fraction of sp³-hybridized carbons (Fsp3) is 0.923. The topological polar surface area (TPSA) is 17.1 Å². The lowest BCUT2D eigenvalue weighted by atomic mass is 9.74. The minimum atomic E-state index is 0.485. The molecule has 0 radical (unpaired) electrons. The van der Waals surface area contributed by atoms with Gasteiger partial charge in [0.1, 0.15) is 5.78 Å². The van der Waals surface area contributed by atoms with Gasteiger partial charge >= 0.3 is 0 Å². The maximum atomic E-state index is 11.5. The van der Waals surface area contributed by atoms with Crippen LogP contribution < -0.4 is 0 Å². The molecule has 0 amide bonds. The average Bonchev–Trinajstić information content (AvgIpc) is 2.12. The zero-order valence-electron chi connectivity index (χ0n) is 9.88. The van der Waals surface area contributed by atoms with Gasteiger partial charge in [-0.3, -0.25) is 4.79 Å². The van der Waals surface area contributed by atoms with Crippen LogP contribution in [0.25, 0.3) is 0 Å². The Morgan fingerprint density at radius 3 is 2.50 bits per heavy atom. The van der Waals surface area contributed by atoms with Gasteiger partial charge in [0.05, 0.1) is 0 Å². The minimum Gasteiger partial charge on any atom is -0.300 e. The molecule has 0 spiro atoms. The van der Waals surface area contributed by atoms with Crippen molar-refractivity contribution in [3.8, 4) is 0 Å². The van der Waals surface area contributed by atoms with Crippen LogP contribution in [0.1, 0.15) is 59.3 Å². The van der Waals surface area contributed by atoms with Gasteiger partial charge in [-0.1, -0.05) is 27.2 Å². The first-order valence-corrected chi connectivity index (χ1v) is 6.15. The van der Waals surface area contributed by atoms with Gasteiger partial charge in [-0.05, 0) is 37.0 Å². The average molecular weight is 196 g/mol. The summed E-state index contributed by atoms with van der Waals surface area (Å²) in [5.74, 6) is 2.87. The number of ketones is 1. The molecule has 1 aliphatic carbocycles. The summed E-state index contributed by atoms with van der Waals surface area (Å²) < 4.78 is 0. The summed E-state index contributed by atoms with van der Waals surface area (Å²) in [5, 5.41) is 0. The van der Waals surface area contributed by atoms with Crippen molar-refractivity contribution in [1.29, 1.82) is 0 Å². The lowest BCUT2D eigenvalue weighted by Crippen LogP contribution is -2.22. The first-order valence-electron chi connectivity index (χ1n) is 6.15. The third kappa shape index (κ3) is 3.43. The molecule has 3 unspecified atom stereocenters. The Balaban J connectivity index is 2.29. The van der Waals surface area contributed by atoms with Gasteiger partial charge in [0.2, 0.25) is 0 Å². The second-order valence-corrected chi connectivity index (χ2v) is 5.13. The van der Waals surface area contributed by atoms with Crippen molar-refractivity contribution in [2.24, 2.45) is 17.8 Å². The number of hydrogen-bond donors (Lipinski definition) is 0. The van der Waals surface area contributed by atoms with E-state index in [9.17, 15) is 4.79 Å². The zero-order chi connectivity index (χ0) is 10.6. The Bertz CT molecular complexity index is 186. The number of Topliss-reactive ketones (excluding diaryl/α,β-unsaturated/α-hetero) is 1. The van der Waals surface area contributed by atoms with E-state index in [1.807, 2.05) is 0 Å². The maximum absolute atomic E-state index is 11.5. The zero-order valence-corrected chi connectivity index (χ0v) is 9.88. The van der Waals surface area contributed by atoms with E-state index in [0.717, 1.165) is 31.1 Å². The van der Waals surface area contributed by atoms with Crippen LogP contribution in [0.2, 0.25) is 0 Å². The SMILES string of the molecule is CCCC(=O)CC1CCC(C)C(C)C1. The molecule has 0 aromatic carbocycles. The molecule has 82 valence electrons. The second kappa shape index (κ2) is 5.53. The first-order chi connectivity index (χ1) is 6.63. The molecular weight excluding hydrogens is 172 g/mol. The standard InChI is InChI=1S/C13H24O/c1-4-5-13(14)9-12-7-6-10(2)11(3)8-12/h10-12H,4-9H2,1-3H3. The predicted molar refractivity (Wildman–Crippen MR) is 60.2 cm³/mol. The molecule has 1 nitrogen and oxygen atoms in total. The third-order valence-corrected chi connectivity index (χ3v) is 3.75. The van der Waals surface area contributed by atoms with Gasteiger partial charge in [0.25, 0.3) is 0 Å². The second-order valence-electron chi connectivity index (χ2n) is 5.13. The van der Waals surface area contributed by atoms with Crippen molar-refractivity contribution in [3.63, 3.8) is 0 Å². The molecule has 0 aromatic rings. The quantitative estimate of drug-likeness (QED) is 0.668. The van der Waals surface area contributed by atoms with Crippen molar-refractivity contribution in [2.45, 2.75) is 59.3 Å². The largest absolute Gasteiger partial charge is 0.300 e. The van der Waals surface area contributed by atoms with E-state index in [2.05, 4.69) is 20.8 Å². The normalized spacial score (nSPS) is 32.9. The number of rotatable bonds is 4. The van der Waals surface area contributed by atoms with Crippen molar-refractivity contribution in [3.05, 3.63) is 0 Å². The van der Waals surface area contributed by atoms with Gasteiger partial charge < -0.3 is 0 Å². The van der Waals surface area contributed by atoms with Crippen molar-refractivity contribution < 1.29 is 4.79 Å². The number of carbonyl (C=O) groups excluding carboxylic acids is 1. The van der Waals surface area contributed by atoms with E-state index in [1.165, 1.54) is 19.3 Å². The lowest BCUT2D eigenvalue weighted by molar-refractivity contribution is -0.120. The Labute approximate surface area is 88.3 Å². The Morgan fingerprint density at radius 2 is 1.93 bits per heavy atom. The van der Waals surface area contributed by atoms with Crippen LogP contribution in [0.4, 0.5) is 0 Å². The molecular formula is C13H24O. The van der Waals surface area contributed by atoms with Gasteiger partial charge in [-0.25, -0.2) is 0 Å². The molecule has 1 saturated carbocycles. The minimum absolute atomic E-state index is 0.485. The van der Waals surface area contributed by atoms with E-state index in [1.54, 1.807) is 0 Å².